The first-order chi connectivity index (χ1) is 9.13. The second-order valence-electron chi connectivity index (χ2n) is 4.98. The zero-order chi connectivity index (χ0) is 13.4. The molecule has 6 nitrogen and oxygen atoms in total. The second kappa shape index (κ2) is 4.55. The quantitative estimate of drug-likeness (QED) is 0.749. The fourth-order valence-corrected chi connectivity index (χ4v) is 2.40. The number of nitrogens with two attached hydrogens (primary N) is 1. The van der Waals surface area contributed by atoms with Gasteiger partial charge in [0.05, 0.1) is 0 Å². The van der Waals surface area contributed by atoms with E-state index in [9.17, 15) is 5.11 Å². The molecule has 1 atom stereocenters. The van der Waals surface area contributed by atoms with E-state index in [0.29, 0.717) is 11.8 Å². The van der Waals surface area contributed by atoms with Gasteiger partial charge < -0.3 is 15.7 Å². The van der Waals surface area contributed by atoms with E-state index in [1.54, 1.807) is 12.1 Å². The Morgan fingerprint density at radius 1 is 1.47 bits per heavy atom. The number of hydrogen-bond donors (Lipinski definition) is 3. The second-order valence-corrected chi connectivity index (χ2v) is 4.98. The number of aromatic amines is 1. The minimum atomic E-state index is 0.206. The Morgan fingerprint density at radius 2 is 2.32 bits per heavy atom. The lowest BCUT2D eigenvalue weighted by molar-refractivity contribution is 0.475. The van der Waals surface area contributed by atoms with E-state index in [4.69, 9.17) is 5.73 Å². The highest BCUT2D eigenvalue weighted by molar-refractivity contribution is 5.62. The topological polar surface area (TPSA) is 91.1 Å². The van der Waals surface area contributed by atoms with Crippen molar-refractivity contribution in [2.24, 2.45) is 5.73 Å². The van der Waals surface area contributed by atoms with Gasteiger partial charge in [-0.1, -0.05) is 0 Å². The molecule has 1 aliphatic rings. The van der Waals surface area contributed by atoms with E-state index in [-0.39, 0.29) is 11.8 Å². The Labute approximate surface area is 111 Å². The maximum atomic E-state index is 9.42. The summed E-state index contributed by atoms with van der Waals surface area (Å²) in [5, 5.41) is 16.6. The van der Waals surface area contributed by atoms with E-state index in [2.05, 4.69) is 20.1 Å². The molecule has 0 spiro atoms. The van der Waals surface area contributed by atoms with Crippen LogP contribution in [-0.4, -0.2) is 39.4 Å². The molecule has 1 aliphatic heterocycles. The SMILES string of the molecule is Cc1cc(O)ccc1-c1nc(N2CCC(N)C2)n[nH]1. The van der Waals surface area contributed by atoms with Crippen LogP contribution in [0.4, 0.5) is 5.95 Å². The molecule has 100 valence electrons. The number of phenols is 1. The fourth-order valence-electron chi connectivity index (χ4n) is 2.40. The normalized spacial score (nSPS) is 19.1. The molecule has 2 heterocycles. The van der Waals surface area contributed by atoms with E-state index < -0.39 is 0 Å². The summed E-state index contributed by atoms with van der Waals surface area (Å²) in [6.45, 7) is 3.63. The van der Waals surface area contributed by atoms with Crippen molar-refractivity contribution in [3.05, 3.63) is 23.8 Å². The Bertz CT molecular complexity index is 594. The predicted molar refractivity (Wildman–Crippen MR) is 73.0 cm³/mol. The molecule has 0 saturated carbocycles. The molecule has 3 rings (SSSR count). The Hall–Kier alpha value is -2.08. The Morgan fingerprint density at radius 3 is 3.00 bits per heavy atom. The third-order valence-electron chi connectivity index (χ3n) is 3.45. The molecule has 0 aliphatic carbocycles. The van der Waals surface area contributed by atoms with Crippen LogP contribution in [-0.2, 0) is 0 Å². The summed E-state index contributed by atoms with van der Waals surface area (Å²) in [6, 6.07) is 5.40. The van der Waals surface area contributed by atoms with Gasteiger partial charge in [-0.25, -0.2) is 0 Å². The molecule has 0 amide bonds. The van der Waals surface area contributed by atoms with Gasteiger partial charge in [0.2, 0.25) is 5.95 Å². The summed E-state index contributed by atoms with van der Waals surface area (Å²) in [4.78, 5) is 6.59. The Balaban J connectivity index is 1.88. The standard InChI is InChI=1S/C13H17N5O/c1-8-6-10(19)2-3-11(8)12-15-13(17-16-12)18-5-4-9(14)7-18/h2-3,6,9,19H,4-5,7,14H2,1H3,(H,15,16,17). The first kappa shape index (κ1) is 12.0. The molecule has 2 aromatic rings. The number of H-pyrrole nitrogens is 1. The maximum Gasteiger partial charge on any atom is 0.245 e. The maximum absolute atomic E-state index is 9.42. The van der Waals surface area contributed by atoms with Crippen LogP contribution >= 0.6 is 0 Å². The van der Waals surface area contributed by atoms with Gasteiger partial charge in [0.15, 0.2) is 5.82 Å². The monoisotopic (exact) mass is 259 g/mol. The van der Waals surface area contributed by atoms with Crippen molar-refractivity contribution in [3.8, 4) is 17.1 Å². The van der Waals surface area contributed by atoms with Gasteiger partial charge in [-0.3, -0.25) is 5.10 Å². The van der Waals surface area contributed by atoms with Crippen molar-refractivity contribution < 1.29 is 5.11 Å². The van der Waals surface area contributed by atoms with Gasteiger partial charge >= 0.3 is 0 Å². The lowest BCUT2D eigenvalue weighted by Gasteiger charge is -2.11. The number of aryl methyl sites for hydroxylation is 1. The van der Waals surface area contributed by atoms with Gasteiger partial charge in [-0.2, -0.15) is 4.98 Å². The number of phenolic OH excluding ortho intramolecular Hbond substituents is 1. The lowest BCUT2D eigenvalue weighted by Crippen LogP contribution is -2.26. The van der Waals surface area contributed by atoms with E-state index in [1.807, 2.05) is 13.0 Å². The number of hydrogen-bond acceptors (Lipinski definition) is 5. The van der Waals surface area contributed by atoms with Crippen molar-refractivity contribution in [2.45, 2.75) is 19.4 Å². The lowest BCUT2D eigenvalue weighted by atomic mass is 10.1. The summed E-state index contributed by atoms with van der Waals surface area (Å²) in [5.74, 6) is 1.66. The van der Waals surface area contributed by atoms with E-state index in [0.717, 1.165) is 30.6 Å². The summed E-state index contributed by atoms with van der Waals surface area (Å²) >= 11 is 0. The summed E-state index contributed by atoms with van der Waals surface area (Å²) in [7, 11) is 0. The largest absolute Gasteiger partial charge is 0.508 e. The van der Waals surface area contributed by atoms with Crippen molar-refractivity contribution in [1.82, 2.24) is 15.2 Å². The van der Waals surface area contributed by atoms with E-state index in [1.165, 1.54) is 0 Å². The highest BCUT2D eigenvalue weighted by Crippen LogP contribution is 2.25. The minimum absolute atomic E-state index is 0.206. The Kier molecular flexibility index (Phi) is 2.87. The van der Waals surface area contributed by atoms with Gasteiger partial charge in [-0.15, -0.1) is 5.10 Å². The smallest absolute Gasteiger partial charge is 0.245 e. The highest BCUT2D eigenvalue weighted by atomic mass is 16.3. The number of anilines is 1. The van der Waals surface area contributed by atoms with Gasteiger partial charge in [0.1, 0.15) is 5.75 Å². The van der Waals surface area contributed by atoms with E-state index >= 15 is 0 Å². The molecule has 4 N–H and O–H groups in total. The average molecular weight is 259 g/mol. The molecule has 1 unspecified atom stereocenters. The number of benzene rings is 1. The van der Waals surface area contributed by atoms with Crippen molar-refractivity contribution in [3.63, 3.8) is 0 Å². The van der Waals surface area contributed by atoms with Crippen LogP contribution in [0.25, 0.3) is 11.4 Å². The number of nitrogens with one attached hydrogen (secondary N) is 1. The zero-order valence-electron chi connectivity index (χ0n) is 10.8. The zero-order valence-corrected chi connectivity index (χ0v) is 10.8. The molecule has 0 bridgehead atoms. The van der Waals surface area contributed by atoms with Gasteiger partial charge in [0.25, 0.3) is 0 Å². The fraction of sp³-hybridized carbons (Fsp3) is 0.385. The third kappa shape index (κ3) is 2.26. The van der Waals surface area contributed by atoms with Crippen LogP contribution in [0.2, 0.25) is 0 Å². The molecule has 1 saturated heterocycles. The van der Waals surface area contributed by atoms with Crippen LogP contribution in [0.15, 0.2) is 18.2 Å². The predicted octanol–water partition coefficient (Wildman–Crippen LogP) is 1.02. The molecule has 1 aromatic carbocycles. The molecule has 0 radical (unpaired) electrons. The summed E-state index contributed by atoms with van der Waals surface area (Å²) in [6.07, 6.45) is 0.974. The highest BCUT2D eigenvalue weighted by Gasteiger charge is 2.22. The van der Waals surface area contributed by atoms with Crippen molar-refractivity contribution >= 4 is 5.95 Å². The molecule has 19 heavy (non-hydrogen) atoms. The molecule has 1 fully saturated rings. The number of rotatable bonds is 2. The summed E-state index contributed by atoms with van der Waals surface area (Å²) in [5.41, 5.74) is 7.79. The first-order valence-electron chi connectivity index (χ1n) is 6.36. The molecule has 6 heteroatoms. The van der Waals surface area contributed by atoms with Gasteiger partial charge in [-0.05, 0) is 37.1 Å². The molecule has 1 aromatic heterocycles. The molecular formula is C13H17N5O. The average Bonchev–Trinajstić information content (AvgIpc) is 2.97. The van der Waals surface area contributed by atoms with Crippen LogP contribution in [0, 0.1) is 6.92 Å². The van der Waals surface area contributed by atoms with Crippen LogP contribution in [0.3, 0.4) is 0 Å². The van der Waals surface area contributed by atoms with Crippen LogP contribution in [0.1, 0.15) is 12.0 Å². The number of nitrogens with zero attached hydrogens (tertiary/aromatic N) is 3. The summed E-state index contributed by atoms with van der Waals surface area (Å²) < 4.78 is 0. The van der Waals surface area contributed by atoms with Crippen molar-refractivity contribution in [1.29, 1.82) is 0 Å². The van der Waals surface area contributed by atoms with Gasteiger partial charge in [0, 0.05) is 24.7 Å². The third-order valence-corrected chi connectivity index (χ3v) is 3.45. The number of aromatic nitrogens is 3. The van der Waals surface area contributed by atoms with Crippen LogP contribution < -0.4 is 10.6 Å². The van der Waals surface area contributed by atoms with Crippen LogP contribution in [0.5, 0.6) is 5.75 Å². The first-order valence-corrected chi connectivity index (χ1v) is 6.36. The minimum Gasteiger partial charge on any atom is -0.508 e. The molecular weight excluding hydrogens is 242 g/mol. The number of aromatic hydroxyl groups is 1. The van der Waals surface area contributed by atoms with Crippen molar-refractivity contribution in [2.75, 3.05) is 18.0 Å².